The number of hydrogen-bond donors (Lipinski definition) is 2. The molecule has 2 rings (SSSR count). The largest absolute Gasteiger partial charge is 0.379 e. The molecule has 0 unspecified atom stereocenters. The van der Waals surface area contributed by atoms with E-state index in [1.165, 1.54) is 4.88 Å². The minimum absolute atomic E-state index is 0.182. The van der Waals surface area contributed by atoms with Gasteiger partial charge < -0.3 is 15.4 Å². The van der Waals surface area contributed by atoms with Gasteiger partial charge >= 0.3 is 6.03 Å². The highest BCUT2D eigenvalue weighted by atomic mass is 32.1. The summed E-state index contributed by atoms with van der Waals surface area (Å²) < 4.78 is 7.19. The van der Waals surface area contributed by atoms with Crippen molar-refractivity contribution in [1.82, 2.24) is 15.1 Å². The Kier molecular flexibility index (Phi) is 6.18. The van der Waals surface area contributed by atoms with Gasteiger partial charge in [-0.2, -0.15) is 5.10 Å². The lowest BCUT2D eigenvalue weighted by Crippen LogP contribution is -2.30. The molecule has 2 N–H and O–H groups in total. The summed E-state index contributed by atoms with van der Waals surface area (Å²) in [5.74, 6) is 0. The van der Waals surface area contributed by atoms with Crippen LogP contribution in [-0.4, -0.2) is 35.1 Å². The van der Waals surface area contributed by atoms with Crippen molar-refractivity contribution in [2.24, 2.45) is 0 Å². The molecule has 0 aliphatic carbocycles. The van der Waals surface area contributed by atoms with Crippen molar-refractivity contribution < 1.29 is 9.53 Å². The molecule has 0 aliphatic heterocycles. The summed E-state index contributed by atoms with van der Waals surface area (Å²) in [5, 5.41) is 11.9. The summed E-state index contributed by atoms with van der Waals surface area (Å²) in [4.78, 5) is 13.1. The lowest BCUT2D eigenvalue weighted by molar-refractivity contribution is 0.0113. The first-order valence-electron chi connectivity index (χ1n) is 7.63. The van der Waals surface area contributed by atoms with E-state index < -0.39 is 0 Å². The SMILES string of the molecule is COC(C)(C)CCn1cc(NC(=O)NCCc2cccs2)cn1. The van der Waals surface area contributed by atoms with Crippen LogP contribution in [0.5, 0.6) is 0 Å². The molecule has 2 aromatic heterocycles. The molecule has 2 heterocycles. The number of aromatic nitrogens is 2. The zero-order valence-electron chi connectivity index (χ0n) is 13.8. The van der Waals surface area contributed by atoms with Gasteiger partial charge in [0.1, 0.15) is 0 Å². The molecule has 0 aliphatic rings. The molecular weight excluding hydrogens is 312 g/mol. The standard InChI is InChI=1S/C16H24N4O2S/c1-16(2,22-3)7-9-20-12-13(11-18-20)19-15(21)17-8-6-14-5-4-10-23-14/h4-5,10-12H,6-9H2,1-3H3,(H2,17,19,21). The van der Waals surface area contributed by atoms with Crippen LogP contribution < -0.4 is 10.6 Å². The van der Waals surface area contributed by atoms with Crippen molar-refractivity contribution in [3.8, 4) is 0 Å². The molecule has 0 atom stereocenters. The molecule has 0 spiro atoms. The van der Waals surface area contributed by atoms with Gasteiger partial charge in [-0.1, -0.05) is 6.07 Å². The number of hydrogen-bond acceptors (Lipinski definition) is 4. The summed E-state index contributed by atoms with van der Waals surface area (Å²) >= 11 is 1.70. The van der Waals surface area contributed by atoms with Gasteiger partial charge in [0.2, 0.25) is 0 Å². The zero-order valence-corrected chi connectivity index (χ0v) is 14.7. The fraction of sp³-hybridized carbons (Fsp3) is 0.500. The summed E-state index contributed by atoms with van der Waals surface area (Å²) in [7, 11) is 1.70. The van der Waals surface area contributed by atoms with Crippen LogP contribution in [0.3, 0.4) is 0 Å². The van der Waals surface area contributed by atoms with E-state index in [0.717, 1.165) is 19.4 Å². The maximum absolute atomic E-state index is 11.8. The third kappa shape index (κ3) is 6.03. The van der Waals surface area contributed by atoms with Crippen molar-refractivity contribution >= 4 is 23.1 Å². The molecule has 126 valence electrons. The van der Waals surface area contributed by atoms with Crippen LogP contribution >= 0.6 is 11.3 Å². The van der Waals surface area contributed by atoms with Crippen LogP contribution in [-0.2, 0) is 17.7 Å². The van der Waals surface area contributed by atoms with Gasteiger partial charge in [-0.05, 0) is 38.1 Å². The van der Waals surface area contributed by atoms with Gasteiger partial charge in [0.05, 0.1) is 17.5 Å². The number of ether oxygens (including phenoxy) is 1. The average molecular weight is 336 g/mol. The van der Waals surface area contributed by atoms with Crippen LogP contribution in [0.4, 0.5) is 10.5 Å². The van der Waals surface area contributed by atoms with E-state index in [0.29, 0.717) is 12.2 Å². The minimum Gasteiger partial charge on any atom is -0.379 e. The van der Waals surface area contributed by atoms with Crippen molar-refractivity contribution in [3.63, 3.8) is 0 Å². The highest BCUT2D eigenvalue weighted by Crippen LogP contribution is 2.15. The molecule has 23 heavy (non-hydrogen) atoms. The minimum atomic E-state index is -0.210. The van der Waals surface area contributed by atoms with E-state index in [9.17, 15) is 4.79 Å². The van der Waals surface area contributed by atoms with Gasteiger partial charge in [0.15, 0.2) is 0 Å². The number of nitrogens with one attached hydrogen (secondary N) is 2. The molecule has 6 nitrogen and oxygen atoms in total. The number of methoxy groups -OCH3 is 1. The molecule has 0 aromatic carbocycles. The van der Waals surface area contributed by atoms with Gasteiger partial charge in [-0.3, -0.25) is 4.68 Å². The molecule has 0 fully saturated rings. The Morgan fingerprint density at radius 3 is 3.00 bits per heavy atom. The van der Waals surface area contributed by atoms with Crippen molar-refractivity contribution in [2.75, 3.05) is 19.0 Å². The Morgan fingerprint density at radius 2 is 2.30 bits per heavy atom. The van der Waals surface area contributed by atoms with E-state index >= 15 is 0 Å². The Morgan fingerprint density at radius 1 is 1.48 bits per heavy atom. The molecule has 0 bridgehead atoms. The highest BCUT2D eigenvalue weighted by Gasteiger charge is 2.16. The normalized spacial score (nSPS) is 11.4. The summed E-state index contributed by atoms with van der Waals surface area (Å²) in [6, 6.07) is 3.87. The van der Waals surface area contributed by atoms with Gasteiger partial charge in [-0.25, -0.2) is 4.79 Å². The van der Waals surface area contributed by atoms with E-state index in [1.807, 2.05) is 36.2 Å². The second-order valence-electron chi connectivity index (χ2n) is 5.92. The number of carbonyl (C=O) groups excluding carboxylic acids is 1. The smallest absolute Gasteiger partial charge is 0.319 e. The van der Waals surface area contributed by atoms with E-state index in [1.54, 1.807) is 24.6 Å². The Balaban J connectivity index is 1.71. The Hall–Kier alpha value is -1.86. The number of anilines is 1. The van der Waals surface area contributed by atoms with E-state index in [2.05, 4.69) is 21.8 Å². The van der Waals surface area contributed by atoms with Crippen molar-refractivity contribution in [1.29, 1.82) is 0 Å². The molecule has 7 heteroatoms. The molecule has 0 radical (unpaired) electrons. The maximum Gasteiger partial charge on any atom is 0.319 e. The highest BCUT2D eigenvalue weighted by molar-refractivity contribution is 7.09. The number of rotatable bonds is 8. The lowest BCUT2D eigenvalue weighted by atomic mass is 10.1. The van der Waals surface area contributed by atoms with E-state index in [-0.39, 0.29) is 11.6 Å². The Bertz CT molecular complexity index is 607. The average Bonchev–Trinajstić information content (AvgIpc) is 3.17. The molecule has 2 aromatic rings. The number of urea groups is 1. The van der Waals surface area contributed by atoms with Gasteiger partial charge in [0, 0.05) is 31.3 Å². The molecular formula is C16H24N4O2S. The summed E-state index contributed by atoms with van der Waals surface area (Å²) in [6.07, 6.45) is 5.16. The predicted molar refractivity (Wildman–Crippen MR) is 93.0 cm³/mol. The monoisotopic (exact) mass is 336 g/mol. The van der Waals surface area contributed by atoms with Gasteiger partial charge in [0.25, 0.3) is 0 Å². The molecule has 0 saturated carbocycles. The zero-order chi connectivity index (χ0) is 16.7. The predicted octanol–water partition coefficient (Wildman–Crippen LogP) is 3.12. The lowest BCUT2D eigenvalue weighted by Gasteiger charge is -2.22. The third-order valence-electron chi connectivity index (χ3n) is 3.62. The summed E-state index contributed by atoms with van der Waals surface area (Å²) in [6.45, 7) is 5.43. The maximum atomic E-state index is 11.8. The van der Waals surface area contributed by atoms with Crippen LogP contribution in [0.1, 0.15) is 25.1 Å². The number of amides is 2. The fourth-order valence-electron chi connectivity index (χ4n) is 1.97. The summed E-state index contributed by atoms with van der Waals surface area (Å²) in [5.41, 5.74) is 0.507. The van der Waals surface area contributed by atoms with Crippen molar-refractivity contribution in [2.45, 2.75) is 38.8 Å². The van der Waals surface area contributed by atoms with Crippen LogP contribution in [0, 0.1) is 0 Å². The number of nitrogens with zero attached hydrogens (tertiary/aromatic N) is 2. The van der Waals surface area contributed by atoms with Crippen LogP contribution in [0.15, 0.2) is 29.9 Å². The first kappa shape index (κ1) is 17.5. The van der Waals surface area contributed by atoms with Crippen LogP contribution in [0.25, 0.3) is 0 Å². The van der Waals surface area contributed by atoms with Crippen LogP contribution in [0.2, 0.25) is 0 Å². The fourth-order valence-corrected chi connectivity index (χ4v) is 2.67. The van der Waals surface area contributed by atoms with E-state index in [4.69, 9.17) is 4.74 Å². The number of carbonyl (C=O) groups is 1. The van der Waals surface area contributed by atoms with Gasteiger partial charge in [-0.15, -0.1) is 11.3 Å². The third-order valence-corrected chi connectivity index (χ3v) is 4.56. The second-order valence-corrected chi connectivity index (χ2v) is 6.95. The topological polar surface area (TPSA) is 68.2 Å². The number of aryl methyl sites for hydroxylation is 1. The van der Waals surface area contributed by atoms with Crippen molar-refractivity contribution in [3.05, 3.63) is 34.8 Å². The first-order chi connectivity index (χ1) is 11.0. The Labute approximate surface area is 140 Å². The number of thiophene rings is 1. The first-order valence-corrected chi connectivity index (χ1v) is 8.51. The molecule has 0 saturated heterocycles. The molecule has 2 amide bonds. The second kappa shape index (κ2) is 8.12. The quantitative estimate of drug-likeness (QED) is 0.778.